The molecule has 28 heavy (non-hydrogen) atoms. The Morgan fingerprint density at radius 1 is 1.11 bits per heavy atom. The van der Waals surface area contributed by atoms with Crippen LogP contribution in [-0.2, 0) is 12.3 Å². The predicted octanol–water partition coefficient (Wildman–Crippen LogP) is 5.82. The van der Waals surface area contributed by atoms with Crippen LogP contribution >= 0.6 is 11.8 Å². The molecular formula is C23H27N3OS. The molecule has 0 aliphatic heterocycles. The lowest BCUT2D eigenvalue weighted by Gasteiger charge is -2.17. The monoisotopic (exact) mass is 393 g/mol. The van der Waals surface area contributed by atoms with Gasteiger partial charge >= 0.3 is 0 Å². The quantitative estimate of drug-likeness (QED) is 0.357. The highest BCUT2D eigenvalue weighted by Gasteiger charge is 2.19. The van der Waals surface area contributed by atoms with Gasteiger partial charge in [-0.2, -0.15) is 0 Å². The van der Waals surface area contributed by atoms with Gasteiger partial charge in [-0.25, -0.2) is 0 Å². The number of nitrogens with zero attached hydrogens (tertiary/aromatic N) is 3. The zero-order valence-electron chi connectivity index (χ0n) is 17.0. The summed E-state index contributed by atoms with van der Waals surface area (Å²) in [4.78, 5) is 0. The van der Waals surface area contributed by atoms with Crippen LogP contribution in [0.25, 0.3) is 0 Å². The maximum absolute atomic E-state index is 6.20. The summed E-state index contributed by atoms with van der Waals surface area (Å²) in [5, 5.41) is 9.74. The predicted molar refractivity (Wildman–Crippen MR) is 116 cm³/mol. The molecule has 0 saturated carbocycles. The van der Waals surface area contributed by atoms with Crippen LogP contribution < -0.4 is 4.74 Å². The van der Waals surface area contributed by atoms with E-state index in [4.69, 9.17) is 4.74 Å². The second-order valence-electron chi connectivity index (χ2n) is 6.98. The third kappa shape index (κ3) is 4.65. The molecule has 0 spiro atoms. The molecule has 3 rings (SSSR count). The largest absolute Gasteiger partial charge is 0.482 e. The molecule has 1 atom stereocenters. The normalized spacial score (nSPS) is 12.0. The van der Waals surface area contributed by atoms with Crippen molar-refractivity contribution in [2.75, 3.05) is 0 Å². The lowest BCUT2D eigenvalue weighted by atomic mass is 10.1. The van der Waals surface area contributed by atoms with E-state index in [1.165, 1.54) is 16.7 Å². The van der Waals surface area contributed by atoms with Crippen molar-refractivity contribution in [2.24, 2.45) is 0 Å². The SMILES string of the molecule is C=CCn1c(SCc2ccccc2C)nnc1C(C)Oc1ccc(C)cc1C. The Bertz CT molecular complexity index is 964. The van der Waals surface area contributed by atoms with Gasteiger partial charge in [-0.15, -0.1) is 16.8 Å². The third-order valence-corrected chi connectivity index (χ3v) is 5.69. The summed E-state index contributed by atoms with van der Waals surface area (Å²) in [5.74, 6) is 2.54. The maximum atomic E-state index is 6.20. The Labute approximate surface area is 171 Å². The number of rotatable bonds is 8. The summed E-state index contributed by atoms with van der Waals surface area (Å²) in [6, 6.07) is 14.6. The van der Waals surface area contributed by atoms with Crippen LogP contribution in [-0.4, -0.2) is 14.8 Å². The lowest BCUT2D eigenvalue weighted by Crippen LogP contribution is -2.12. The standard InChI is InChI=1S/C23H27N3OS/c1-6-13-26-22(19(5)27-21-12-11-16(2)14-18(21)4)24-25-23(26)28-15-20-10-8-7-9-17(20)3/h6-12,14,19H,1,13,15H2,2-5H3. The van der Waals surface area contributed by atoms with Crippen LogP contribution in [0.5, 0.6) is 5.75 Å². The molecule has 0 radical (unpaired) electrons. The number of hydrogen-bond acceptors (Lipinski definition) is 4. The van der Waals surface area contributed by atoms with Crippen molar-refractivity contribution in [1.29, 1.82) is 0 Å². The second kappa shape index (κ2) is 9.11. The number of benzene rings is 2. The molecule has 0 aliphatic carbocycles. The maximum Gasteiger partial charge on any atom is 0.191 e. The van der Waals surface area contributed by atoms with Crippen LogP contribution in [0.3, 0.4) is 0 Å². The molecule has 0 bridgehead atoms. The minimum absolute atomic E-state index is 0.207. The van der Waals surface area contributed by atoms with E-state index in [9.17, 15) is 0 Å². The van der Waals surface area contributed by atoms with E-state index in [0.29, 0.717) is 6.54 Å². The van der Waals surface area contributed by atoms with Gasteiger partial charge in [0.05, 0.1) is 0 Å². The van der Waals surface area contributed by atoms with E-state index >= 15 is 0 Å². The van der Waals surface area contributed by atoms with E-state index < -0.39 is 0 Å². The van der Waals surface area contributed by atoms with E-state index in [0.717, 1.165) is 28.0 Å². The van der Waals surface area contributed by atoms with Crippen molar-refractivity contribution in [3.63, 3.8) is 0 Å². The summed E-state index contributed by atoms with van der Waals surface area (Å²) in [6.45, 7) is 12.8. The zero-order chi connectivity index (χ0) is 20.1. The van der Waals surface area contributed by atoms with Crippen LogP contribution in [0, 0.1) is 20.8 Å². The van der Waals surface area contributed by atoms with E-state index in [1.807, 2.05) is 19.1 Å². The van der Waals surface area contributed by atoms with Crippen molar-refractivity contribution in [2.45, 2.75) is 51.3 Å². The van der Waals surface area contributed by atoms with E-state index in [-0.39, 0.29) is 6.10 Å². The molecule has 4 nitrogen and oxygen atoms in total. The summed E-state index contributed by atoms with van der Waals surface area (Å²) >= 11 is 1.69. The molecule has 0 amide bonds. The molecule has 146 valence electrons. The Morgan fingerprint density at radius 2 is 1.89 bits per heavy atom. The average Bonchev–Trinajstić information content (AvgIpc) is 3.06. The number of allylic oxidation sites excluding steroid dienone is 1. The highest BCUT2D eigenvalue weighted by atomic mass is 32.2. The first kappa shape index (κ1) is 20.2. The molecule has 1 heterocycles. The average molecular weight is 394 g/mol. The number of thioether (sulfide) groups is 1. The fourth-order valence-electron chi connectivity index (χ4n) is 3.10. The summed E-state index contributed by atoms with van der Waals surface area (Å²) in [5.41, 5.74) is 4.94. The highest BCUT2D eigenvalue weighted by Crippen LogP contribution is 2.28. The number of hydrogen-bond donors (Lipinski definition) is 0. The molecule has 1 unspecified atom stereocenters. The van der Waals surface area contributed by atoms with Crippen LogP contribution in [0.1, 0.15) is 41.1 Å². The van der Waals surface area contributed by atoms with Crippen LogP contribution in [0.15, 0.2) is 60.3 Å². The second-order valence-corrected chi connectivity index (χ2v) is 7.93. The topological polar surface area (TPSA) is 39.9 Å². The van der Waals surface area contributed by atoms with Crippen LogP contribution in [0.4, 0.5) is 0 Å². The minimum atomic E-state index is -0.207. The Balaban J connectivity index is 1.79. The molecular weight excluding hydrogens is 366 g/mol. The summed E-state index contributed by atoms with van der Waals surface area (Å²) in [6.07, 6.45) is 1.66. The van der Waals surface area contributed by atoms with Crippen molar-refractivity contribution in [3.8, 4) is 5.75 Å². The Kier molecular flexibility index (Phi) is 6.57. The van der Waals surface area contributed by atoms with Gasteiger partial charge < -0.3 is 4.74 Å². The molecule has 0 aliphatic rings. The fourth-order valence-corrected chi connectivity index (χ4v) is 4.13. The minimum Gasteiger partial charge on any atom is -0.482 e. The van der Waals surface area contributed by atoms with Crippen molar-refractivity contribution in [3.05, 3.63) is 83.2 Å². The first-order chi connectivity index (χ1) is 13.5. The molecule has 1 aromatic heterocycles. The number of aryl methyl sites for hydroxylation is 3. The van der Waals surface area contributed by atoms with Gasteiger partial charge in [-0.1, -0.05) is 59.8 Å². The molecule has 0 saturated heterocycles. The van der Waals surface area contributed by atoms with Gasteiger partial charge in [0.2, 0.25) is 0 Å². The number of aromatic nitrogens is 3. The van der Waals surface area contributed by atoms with Gasteiger partial charge in [0.25, 0.3) is 0 Å². The van der Waals surface area contributed by atoms with Crippen LogP contribution in [0.2, 0.25) is 0 Å². The highest BCUT2D eigenvalue weighted by molar-refractivity contribution is 7.98. The molecule has 0 fully saturated rings. The van der Waals surface area contributed by atoms with Gasteiger partial charge in [-0.05, 0) is 50.5 Å². The van der Waals surface area contributed by atoms with Gasteiger partial charge in [0.15, 0.2) is 17.1 Å². The smallest absolute Gasteiger partial charge is 0.191 e. The molecule has 2 aromatic carbocycles. The Hall–Kier alpha value is -2.53. The first-order valence-corrected chi connectivity index (χ1v) is 10.4. The lowest BCUT2D eigenvalue weighted by molar-refractivity contribution is 0.209. The summed E-state index contributed by atoms with van der Waals surface area (Å²) < 4.78 is 8.29. The number of ether oxygens (including phenoxy) is 1. The molecule has 5 heteroatoms. The summed E-state index contributed by atoms with van der Waals surface area (Å²) in [7, 11) is 0. The van der Waals surface area contributed by atoms with Crippen molar-refractivity contribution in [1.82, 2.24) is 14.8 Å². The molecule has 3 aromatic rings. The van der Waals surface area contributed by atoms with E-state index in [2.05, 4.69) is 78.5 Å². The van der Waals surface area contributed by atoms with Gasteiger partial charge in [0, 0.05) is 12.3 Å². The van der Waals surface area contributed by atoms with E-state index in [1.54, 1.807) is 11.8 Å². The fraction of sp³-hybridized carbons (Fsp3) is 0.304. The molecule has 0 N–H and O–H groups in total. The van der Waals surface area contributed by atoms with Crippen molar-refractivity contribution >= 4 is 11.8 Å². The Morgan fingerprint density at radius 3 is 2.61 bits per heavy atom. The van der Waals surface area contributed by atoms with Gasteiger partial charge in [-0.3, -0.25) is 4.57 Å². The zero-order valence-corrected chi connectivity index (χ0v) is 17.8. The van der Waals surface area contributed by atoms with Gasteiger partial charge in [0.1, 0.15) is 5.75 Å². The first-order valence-electron chi connectivity index (χ1n) is 9.44. The van der Waals surface area contributed by atoms with Crippen molar-refractivity contribution < 1.29 is 4.74 Å². The third-order valence-electron chi connectivity index (χ3n) is 4.67.